The summed E-state index contributed by atoms with van der Waals surface area (Å²) in [4.78, 5) is 28.6. The smallest absolute Gasteiger partial charge is 0.291 e. The van der Waals surface area contributed by atoms with Gasteiger partial charge in [-0.2, -0.15) is 0 Å². The number of nitrogens with zero attached hydrogens (tertiary/aromatic N) is 1. The third-order valence-corrected chi connectivity index (χ3v) is 5.85. The molecule has 0 spiro atoms. The summed E-state index contributed by atoms with van der Waals surface area (Å²) >= 11 is 0. The highest BCUT2D eigenvalue weighted by atomic mass is 19.1. The second-order valence-corrected chi connectivity index (χ2v) is 7.77. The molecule has 166 valence electrons. The van der Waals surface area contributed by atoms with E-state index in [1.54, 1.807) is 37.3 Å². The monoisotopic (exact) mass is 445 g/mol. The highest BCUT2D eigenvalue weighted by Crippen LogP contribution is 2.40. The van der Waals surface area contributed by atoms with Crippen LogP contribution in [0.5, 0.6) is 11.5 Å². The van der Waals surface area contributed by atoms with Gasteiger partial charge in [-0.25, -0.2) is 4.39 Å². The van der Waals surface area contributed by atoms with Crippen LogP contribution in [0.4, 0.5) is 4.39 Å². The molecule has 0 saturated carbocycles. The van der Waals surface area contributed by atoms with Gasteiger partial charge in [-0.15, -0.1) is 0 Å². The second kappa shape index (κ2) is 8.09. The van der Waals surface area contributed by atoms with E-state index in [0.29, 0.717) is 17.1 Å². The van der Waals surface area contributed by atoms with Crippen molar-refractivity contribution in [2.24, 2.45) is 0 Å². The van der Waals surface area contributed by atoms with Crippen LogP contribution in [-0.2, 0) is 6.54 Å². The lowest BCUT2D eigenvalue weighted by Crippen LogP contribution is -2.29. The van der Waals surface area contributed by atoms with Crippen LogP contribution in [0.2, 0.25) is 0 Å². The largest absolute Gasteiger partial charge is 0.497 e. The molecule has 6 nitrogen and oxygen atoms in total. The average Bonchev–Trinajstić information content (AvgIpc) is 3.12. The SMILES string of the molecule is COc1ccc(CN2C(=O)c3oc4ccc(F)cc4c(=O)c3C2c2cccc(OC)c2)cc1. The molecule has 1 aliphatic rings. The molecule has 3 aromatic carbocycles. The maximum absolute atomic E-state index is 13.9. The highest BCUT2D eigenvalue weighted by Gasteiger charge is 2.42. The first-order valence-electron chi connectivity index (χ1n) is 10.3. The van der Waals surface area contributed by atoms with Crippen molar-refractivity contribution in [3.63, 3.8) is 0 Å². The van der Waals surface area contributed by atoms with Gasteiger partial charge in [0.05, 0.1) is 31.2 Å². The molecule has 0 bridgehead atoms. The van der Waals surface area contributed by atoms with Crippen LogP contribution in [-0.4, -0.2) is 25.0 Å². The Balaban J connectivity index is 1.70. The summed E-state index contributed by atoms with van der Waals surface area (Å²) in [6.45, 7) is 0.235. The van der Waals surface area contributed by atoms with Crippen molar-refractivity contribution in [2.75, 3.05) is 14.2 Å². The molecule has 1 atom stereocenters. The molecule has 1 aromatic heterocycles. The summed E-state index contributed by atoms with van der Waals surface area (Å²) in [5.41, 5.74) is 1.49. The Bertz CT molecular complexity index is 1430. The van der Waals surface area contributed by atoms with Gasteiger partial charge in [0.15, 0.2) is 5.43 Å². The van der Waals surface area contributed by atoms with Gasteiger partial charge in [-0.05, 0) is 53.6 Å². The average molecular weight is 445 g/mol. The third-order valence-electron chi connectivity index (χ3n) is 5.85. The molecule has 0 saturated heterocycles. The number of carbonyl (C=O) groups is 1. The molecule has 0 aliphatic carbocycles. The lowest BCUT2D eigenvalue weighted by Gasteiger charge is -2.25. The fraction of sp³-hybridized carbons (Fsp3) is 0.154. The van der Waals surface area contributed by atoms with Gasteiger partial charge < -0.3 is 18.8 Å². The van der Waals surface area contributed by atoms with Crippen LogP contribution < -0.4 is 14.9 Å². The molecule has 2 heterocycles. The molecule has 5 rings (SSSR count). The number of fused-ring (bicyclic) bond motifs is 2. The number of methoxy groups -OCH3 is 2. The van der Waals surface area contributed by atoms with Gasteiger partial charge in [-0.1, -0.05) is 24.3 Å². The number of rotatable bonds is 5. The summed E-state index contributed by atoms with van der Waals surface area (Å²) in [7, 11) is 3.13. The summed E-state index contributed by atoms with van der Waals surface area (Å²) < 4.78 is 30.3. The molecule has 1 amide bonds. The molecule has 33 heavy (non-hydrogen) atoms. The van der Waals surface area contributed by atoms with Crippen LogP contribution in [0.1, 0.15) is 33.3 Å². The van der Waals surface area contributed by atoms with E-state index >= 15 is 0 Å². The van der Waals surface area contributed by atoms with E-state index < -0.39 is 23.2 Å². The Hall–Kier alpha value is -4.13. The van der Waals surface area contributed by atoms with Crippen LogP contribution >= 0.6 is 0 Å². The van der Waals surface area contributed by atoms with Crippen LogP contribution in [0.3, 0.4) is 0 Å². The fourth-order valence-electron chi connectivity index (χ4n) is 4.24. The molecule has 1 aliphatic heterocycles. The Morgan fingerprint density at radius 2 is 1.70 bits per heavy atom. The van der Waals surface area contributed by atoms with Gasteiger partial charge >= 0.3 is 0 Å². The van der Waals surface area contributed by atoms with Crippen molar-refractivity contribution < 1.29 is 23.1 Å². The van der Waals surface area contributed by atoms with E-state index in [-0.39, 0.29) is 28.8 Å². The van der Waals surface area contributed by atoms with E-state index in [0.717, 1.165) is 11.6 Å². The molecular weight excluding hydrogens is 425 g/mol. The number of ether oxygens (including phenoxy) is 2. The van der Waals surface area contributed by atoms with Gasteiger partial charge in [0.1, 0.15) is 22.9 Å². The van der Waals surface area contributed by atoms with Gasteiger partial charge in [-0.3, -0.25) is 9.59 Å². The molecule has 0 N–H and O–H groups in total. The van der Waals surface area contributed by atoms with Gasteiger partial charge in [0.25, 0.3) is 5.91 Å². The fourth-order valence-corrected chi connectivity index (χ4v) is 4.24. The Morgan fingerprint density at radius 1 is 0.939 bits per heavy atom. The van der Waals surface area contributed by atoms with Crippen LogP contribution in [0.25, 0.3) is 11.0 Å². The Kier molecular flexibility index (Phi) is 5.09. The second-order valence-electron chi connectivity index (χ2n) is 7.77. The number of benzene rings is 3. The highest BCUT2D eigenvalue weighted by molar-refractivity contribution is 5.99. The first-order valence-corrected chi connectivity index (χ1v) is 10.3. The molecule has 0 fully saturated rings. The first-order chi connectivity index (χ1) is 16.0. The number of amides is 1. The number of halogens is 1. The van der Waals surface area contributed by atoms with Crippen molar-refractivity contribution in [1.29, 1.82) is 0 Å². The minimum atomic E-state index is -0.714. The van der Waals surface area contributed by atoms with E-state index in [1.807, 2.05) is 30.3 Å². The van der Waals surface area contributed by atoms with Gasteiger partial charge in [0.2, 0.25) is 5.76 Å². The predicted molar refractivity (Wildman–Crippen MR) is 120 cm³/mol. The number of carbonyl (C=O) groups excluding carboxylic acids is 1. The first kappa shape index (κ1) is 20.8. The van der Waals surface area contributed by atoms with Crippen LogP contribution in [0.15, 0.2) is 75.9 Å². The predicted octanol–water partition coefficient (Wildman–Crippen LogP) is 4.69. The molecule has 4 aromatic rings. The number of hydrogen-bond acceptors (Lipinski definition) is 5. The normalized spacial score (nSPS) is 15.1. The standard InChI is InChI=1S/C26H20FNO5/c1-31-18-9-6-15(7-10-18)14-28-23(16-4-3-5-19(12-16)32-2)22-24(29)20-13-17(27)8-11-21(20)33-25(22)26(28)30/h3-13,23H,14H2,1-2H3. The summed E-state index contributed by atoms with van der Waals surface area (Å²) in [6, 6.07) is 17.5. The van der Waals surface area contributed by atoms with Crippen LogP contribution in [0, 0.1) is 5.82 Å². The third kappa shape index (κ3) is 3.51. The minimum Gasteiger partial charge on any atom is -0.497 e. The lowest BCUT2D eigenvalue weighted by molar-refractivity contribution is 0.0714. The molecule has 1 unspecified atom stereocenters. The summed E-state index contributed by atoms with van der Waals surface area (Å²) in [5.74, 6) is 0.308. The van der Waals surface area contributed by atoms with E-state index in [1.165, 1.54) is 12.1 Å². The van der Waals surface area contributed by atoms with E-state index in [2.05, 4.69) is 0 Å². The van der Waals surface area contributed by atoms with Crippen molar-refractivity contribution in [1.82, 2.24) is 4.90 Å². The van der Waals surface area contributed by atoms with Crippen molar-refractivity contribution in [3.8, 4) is 11.5 Å². The zero-order valence-electron chi connectivity index (χ0n) is 18.0. The quantitative estimate of drug-likeness (QED) is 0.446. The molecule has 7 heteroatoms. The number of hydrogen-bond donors (Lipinski definition) is 0. The topological polar surface area (TPSA) is 69.0 Å². The lowest BCUT2D eigenvalue weighted by atomic mass is 9.98. The Morgan fingerprint density at radius 3 is 2.42 bits per heavy atom. The van der Waals surface area contributed by atoms with E-state index in [9.17, 15) is 14.0 Å². The van der Waals surface area contributed by atoms with Crippen molar-refractivity contribution in [2.45, 2.75) is 12.6 Å². The maximum Gasteiger partial charge on any atom is 0.291 e. The van der Waals surface area contributed by atoms with E-state index in [4.69, 9.17) is 13.9 Å². The summed E-state index contributed by atoms with van der Waals surface area (Å²) in [6.07, 6.45) is 0. The minimum absolute atomic E-state index is 0.0274. The Labute approximate surface area is 188 Å². The maximum atomic E-state index is 13.9. The van der Waals surface area contributed by atoms with Crippen molar-refractivity contribution in [3.05, 3.63) is 105 Å². The van der Waals surface area contributed by atoms with Crippen molar-refractivity contribution >= 4 is 16.9 Å². The van der Waals surface area contributed by atoms with Gasteiger partial charge in [0, 0.05) is 6.54 Å². The summed E-state index contributed by atoms with van der Waals surface area (Å²) in [5, 5.41) is 0.0979. The molecular formula is C26H20FNO5. The zero-order valence-corrected chi connectivity index (χ0v) is 18.0. The molecule has 0 radical (unpaired) electrons. The zero-order chi connectivity index (χ0) is 23.1.